The SMILES string of the molecule is COc1cc([C@@H](C)C(=O)N2CC[C@@]3(CCc4cc(-c5ncccn5)c(C)nc4N3)C2)cc(OC)n1. The minimum atomic E-state index is -0.333. The third-order valence-corrected chi connectivity index (χ3v) is 7.11. The van der Waals surface area contributed by atoms with Crippen LogP contribution in [0, 0.1) is 6.92 Å². The van der Waals surface area contributed by atoms with Crippen LogP contribution < -0.4 is 14.8 Å². The van der Waals surface area contributed by atoms with E-state index < -0.39 is 0 Å². The van der Waals surface area contributed by atoms with Gasteiger partial charge in [-0.3, -0.25) is 4.79 Å². The predicted octanol–water partition coefficient (Wildman–Crippen LogP) is 3.39. The second-order valence-electron chi connectivity index (χ2n) is 9.32. The molecule has 35 heavy (non-hydrogen) atoms. The number of amides is 1. The molecule has 0 bridgehead atoms. The highest BCUT2D eigenvalue weighted by Gasteiger charge is 2.43. The molecule has 3 aromatic rings. The fourth-order valence-electron chi connectivity index (χ4n) is 5.04. The summed E-state index contributed by atoms with van der Waals surface area (Å²) in [6.07, 6.45) is 6.22. The fourth-order valence-corrected chi connectivity index (χ4v) is 5.04. The zero-order valence-electron chi connectivity index (χ0n) is 20.5. The Kier molecular flexibility index (Phi) is 6.00. The number of aryl methyl sites for hydroxylation is 2. The van der Waals surface area contributed by atoms with Crippen LogP contribution in [0.15, 0.2) is 36.7 Å². The summed E-state index contributed by atoms with van der Waals surface area (Å²) in [5.41, 5.74) is 3.68. The first-order valence-corrected chi connectivity index (χ1v) is 11.9. The molecule has 9 heteroatoms. The molecule has 2 aliphatic heterocycles. The molecule has 0 aromatic carbocycles. The van der Waals surface area contributed by atoms with Gasteiger partial charge in [0.2, 0.25) is 17.7 Å². The number of hydrogen-bond acceptors (Lipinski definition) is 8. The van der Waals surface area contributed by atoms with Gasteiger partial charge in [0.15, 0.2) is 5.82 Å². The first-order chi connectivity index (χ1) is 16.9. The number of nitrogens with zero attached hydrogens (tertiary/aromatic N) is 5. The number of fused-ring (bicyclic) bond motifs is 1. The smallest absolute Gasteiger partial charge is 0.229 e. The maximum atomic E-state index is 13.4. The summed E-state index contributed by atoms with van der Waals surface area (Å²) < 4.78 is 10.6. The predicted molar refractivity (Wildman–Crippen MR) is 132 cm³/mol. The Labute approximate surface area is 204 Å². The minimum absolute atomic E-state index is 0.0884. The number of likely N-dealkylation sites (tertiary alicyclic amines) is 1. The summed E-state index contributed by atoms with van der Waals surface area (Å²) in [6, 6.07) is 7.56. The van der Waals surface area contributed by atoms with Crippen LogP contribution in [-0.2, 0) is 11.2 Å². The highest BCUT2D eigenvalue weighted by atomic mass is 16.5. The summed E-state index contributed by atoms with van der Waals surface area (Å²) in [5, 5.41) is 3.70. The molecule has 3 aromatic heterocycles. The first kappa shape index (κ1) is 23.0. The largest absolute Gasteiger partial charge is 0.481 e. The molecule has 2 atom stereocenters. The third-order valence-electron chi connectivity index (χ3n) is 7.11. The van der Waals surface area contributed by atoms with Gasteiger partial charge in [-0.25, -0.2) is 15.0 Å². The number of ether oxygens (including phenoxy) is 2. The van der Waals surface area contributed by atoms with Crippen molar-refractivity contribution in [1.29, 1.82) is 0 Å². The molecule has 0 aliphatic carbocycles. The molecule has 9 nitrogen and oxygen atoms in total. The molecular formula is C26H30N6O3. The monoisotopic (exact) mass is 474 g/mol. The van der Waals surface area contributed by atoms with E-state index in [1.54, 1.807) is 38.7 Å². The number of pyridine rings is 2. The Morgan fingerprint density at radius 1 is 1.09 bits per heavy atom. The number of methoxy groups -OCH3 is 2. The lowest BCUT2D eigenvalue weighted by atomic mass is 9.86. The molecule has 2 aliphatic rings. The summed E-state index contributed by atoms with van der Waals surface area (Å²) in [4.78, 5) is 33.3. The molecule has 0 unspecified atom stereocenters. The second-order valence-corrected chi connectivity index (χ2v) is 9.32. The molecule has 182 valence electrons. The van der Waals surface area contributed by atoms with Crippen molar-refractivity contribution in [2.75, 3.05) is 32.6 Å². The van der Waals surface area contributed by atoms with Gasteiger partial charge in [0, 0.05) is 43.2 Å². The van der Waals surface area contributed by atoms with E-state index in [1.807, 2.05) is 24.8 Å². The zero-order chi connectivity index (χ0) is 24.6. The lowest BCUT2D eigenvalue weighted by molar-refractivity contribution is -0.131. The molecule has 5 rings (SSSR count). The summed E-state index contributed by atoms with van der Waals surface area (Å²) >= 11 is 0. The molecule has 1 saturated heterocycles. The van der Waals surface area contributed by atoms with E-state index in [9.17, 15) is 4.79 Å². The topological polar surface area (TPSA) is 102 Å². The quantitative estimate of drug-likeness (QED) is 0.600. The minimum Gasteiger partial charge on any atom is -0.481 e. The van der Waals surface area contributed by atoms with Crippen LogP contribution in [0.3, 0.4) is 0 Å². The zero-order valence-corrected chi connectivity index (χ0v) is 20.5. The van der Waals surface area contributed by atoms with Crippen molar-refractivity contribution in [2.24, 2.45) is 0 Å². The maximum Gasteiger partial charge on any atom is 0.229 e. The summed E-state index contributed by atoms with van der Waals surface area (Å²) in [6.45, 7) is 5.26. The number of carbonyl (C=O) groups excluding carboxylic acids is 1. The van der Waals surface area contributed by atoms with Gasteiger partial charge in [-0.2, -0.15) is 4.98 Å². The lowest BCUT2D eigenvalue weighted by Gasteiger charge is -2.36. The van der Waals surface area contributed by atoms with E-state index in [1.165, 1.54) is 0 Å². The van der Waals surface area contributed by atoms with E-state index in [4.69, 9.17) is 14.5 Å². The molecule has 0 radical (unpaired) electrons. The second kappa shape index (κ2) is 9.13. The average Bonchev–Trinajstić information content (AvgIpc) is 3.30. The van der Waals surface area contributed by atoms with Gasteiger partial charge >= 0.3 is 0 Å². The van der Waals surface area contributed by atoms with Gasteiger partial charge in [-0.1, -0.05) is 0 Å². The fraction of sp³-hybridized carbons (Fsp3) is 0.423. The number of carbonyl (C=O) groups is 1. The van der Waals surface area contributed by atoms with E-state index in [0.29, 0.717) is 30.7 Å². The number of rotatable bonds is 5. The molecule has 5 heterocycles. The molecule has 1 N–H and O–H groups in total. The van der Waals surface area contributed by atoms with Crippen LogP contribution in [-0.4, -0.2) is 63.6 Å². The van der Waals surface area contributed by atoms with Gasteiger partial charge < -0.3 is 19.7 Å². The van der Waals surface area contributed by atoms with Crippen molar-refractivity contribution in [3.05, 3.63) is 53.5 Å². The van der Waals surface area contributed by atoms with Crippen LogP contribution in [0.5, 0.6) is 11.8 Å². The first-order valence-electron chi connectivity index (χ1n) is 11.9. The Morgan fingerprint density at radius 3 is 2.49 bits per heavy atom. The van der Waals surface area contributed by atoms with Crippen molar-refractivity contribution >= 4 is 11.7 Å². The molecule has 1 fully saturated rings. The van der Waals surface area contributed by atoms with E-state index >= 15 is 0 Å². The number of aromatic nitrogens is 4. The van der Waals surface area contributed by atoms with Gasteiger partial charge in [-0.05, 0) is 56.4 Å². The Balaban J connectivity index is 1.32. The van der Waals surface area contributed by atoms with Crippen LogP contribution in [0.2, 0.25) is 0 Å². The molecule has 1 amide bonds. The number of nitrogens with one attached hydrogen (secondary N) is 1. The van der Waals surface area contributed by atoms with Crippen LogP contribution in [0.4, 0.5) is 5.82 Å². The van der Waals surface area contributed by atoms with Gasteiger partial charge in [0.1, 0.15) is 5.82 Å². The summed E-state index contributed by atoms with van der Waals surface area (Å²) in [5.74, 6) is 2.22. The lowest BCUT2D eigenvalue weighted by Crippen LogP contribution is -2.46. The van der Waals surface area contributed by atoms with Crippen molar-refractivity contribution in [3.8, 4) is 23.1 Å². The maximum absolute atomic E-state index is 13.4. The van der Waals surface area contributed by atoms with E-state index in [-0.39, 0.29) is 17.4 Å². The van der Waals surface area contributed by atoms with Crippen molar-refractivity contribution < 1.29 is 14.3 Å². The van der Waals surface area contributed by atoms with Gasteiger partial charge in [0.05, 0.1) is 31.4 Å². The number of anilines is 1. The average molecular weight is 475 g/mol. The third kappa shape index (κ3) is 4.38. The standard InChI is InChI=1S/C26H30N6O3/c1-16(19-13-21(34-3)30-22(14-19)35-4)25(33)32-11-8-26(15-32)7-6-18-12-20(17(2)29-23(18)31-26)24-27-9-5-10-28-24/h5,9-10,12-14,16H,6-8,11,15H2,1-4H3,(H,29,31)/t16-,26+/m1/s1. The Hall–Kier alpha value is -3.75. The molecular weight excluding hydrogens is 444 g/mol. The van der Waals surface area contributed by atoms with E-state index in [0.717, 1.165) is 47.5 Å². The van der Waals surface area contributed by atoms with Crippen molar-refractivity contribution in [2.45, 2.75) is 44.6 Å². The highest BCUT2D eigenvalue weighted by molar-refractivity contribution is 5.84. The highest BCUT2D eigenvalue weighted by Crippen LogP contribution is 2.38. The molecule has 0 saturated carbocycles. The summed E-state index contributed by atoms with van der Waals surface area (Å²) in [7, 11) is 3.11. The van der Waals surface area contributed by atoms with Gasteiger partial charge in [-0.15, -0.1) is 0 Å². The Bertz CT molecular complexity index is 1230. The normalized spacial score (nSPS) is 19.7. The van der Waals surface area contributed by atoms with E-state index in [2.05, 4.69) is 26.3 Å². The van der Waals surface area contributed by atoms with Crippen LogP contribution in [0.25, 0.3) is 11.4 Å². The molecule has 1 spiro atoms. The van der Waals surface area contributed by atoms with Crippen LogP contribution in [0.1, 0.15) is 42.5 Å². The number of hydrogen-bond donors (Lipinski definition) is 1. The van der Waals surface area contributed by atoms with Crippen molar-refractivity contribution in [1.82, 2.24) is 24.8 Å². The Morgan fingerprint density at radius 2 is 1.80 bits per heavy atom. The van der Waals surface area contributed by atoms with Crippen molar-refractivity contribution in [3.63, 3.8) is 0 Å². The van der Waals surface area contributed by atoms with Crippen LogP contribution >= 0.6 is 0 Å². The van der Waals surface area contributed by atoms with Gasteiger partial charge in [0.25, 0.3) is 0 Å².